The zero-order chi connectivity index (χ0) is 21.0. The lowest BCUT2D eigenvalue weighted by molar-refractivity contribution is 0.782. The fourth-order valence-electron chi connectivity index (χ4n) is 2.53. The summed E-state index contributed by atoms with van der Waals surface area (Å²) in [7, 11) is 5.44. The van der Waals surface area contributed by atoms with E-state index in [1.54, 1.807) is 40.9 Å². The molecule has 0 saturated heterocycles. The molecule has 4 aromatic heterocycles. The number of hydrogen-bond donors (Lipinski definition) is 3. The number of rotatable bonds is 3. The monoisotopic (exact) mass is 411 g/mol. The maximum absolute atomic E-state index is 5.76. The van der Waals surface area contributed by atoms with E-state index in [0.717, 1.165) is 28.3 Å². The first-order valence-corrected chi connectivity index (χ1v) is 9.10. The minimum absolute atomic E-state index is 0.451. The molecular formula is C19H22ClN9. The van der Waals surface area contributed by atoms with Gasteiger partial charge in [0.05, 0.1) is 11.4 Å². The standard InChI is InChI=1S/C10H13N5.C9H9ClN4/c1-12-10-5-7(3-4-13-10)8-6-9(11)15(2)14-8;1-14-9(11)5-7(13-14)6-2-3-12-8(10)4-6/h3-6H,11H2,1-2H3,(H,12,13);2-5H,11H2,1H3. The van der Waals surface area contributed by atoms with Gasteiger partial charge in [0.25, 0.3) is 0 Å². The molecule has 5 N–H and O–H groups in total. The fourth-order valence-corrected chi connectivity index (χ4v) is 2.71. The third-order valence-corrected chi connectivity index (χ3v) is 4.37. The largest absolute Gasteiger partial charge is 0.384 e. The maximum atomic E-state index is 5.76. The van der Waals surface area contributed by atoms with Gasteiger partial charge in [-0.3, -0.25) is 9.36 Å². The van der Waals surface area contributed by atoms with E-state index in [-0.39, 0.29) is 0 Å². The predicted octanol–water partition coefficient (Wildman–Crippen LogP) is 2.82. The number of nitrogen functional groups attached to an aromatic ring is 2. The zero-order valence-corrected chi connectivity index (χ0v) is 17.1. The molecule has 0 spiro atoms. The minimum atomic E-state index is 0.451. The molecule has 0 aliphatic rings. The summed E-state index contributed by atoms with van der Waals surface area (Å²) in [6.07, 6.45) is 3.38. The molecule has 0 atom stereocenters. The molecule has 9 nitrogen and oxygen atoms in total. The van der Waals surface area contributed by atoms with Crippen LogP contribution in [0, 0.1) is 0 Å². The number of nitrogens with one attached hydrogen (secondary N) is 1. The Balaban J connectivity index is 0.000000166. The number of halogens is 1. The van der Waals surface area contributed by atoms with E-state index in [9.17, 15) is 0 Å². The topological polar surface area (TPSA) is 125 Å². The Morgan fingerprint density at radius 3 is 1.79 bits per heavy atom. The van der Waals surface area contributed by atoms with E-state index in [4.69, 9.17) is 23.1 Å². The Bertz CT molecular complexity index is 1080. The summed E-state index contributed by atoms with van der Waals surface area (Å²) >= 11 is 5.76. The Morgan fingerprint density at radius 1 is 0.828 bits per heavy atom. The van der Waals surface area contributed by atoms with Crippen LogP contribution in [0.3, 0.4) is 0 Å². The highest BCUT2D eigenvalue weighted by molar-refractivity contribution is 6.29. The first-order chi connectivity index (χ1) is 13.9. The first kappa shape index (κ1) is 20.2. The summed E-state index contributed by atoms with van der Waals surface area (Å²) in [5.41, 5.74) is 15.0. The summed E-state index contributed by atoms with van der Waals surface area (Å²) in [5.74, 6) is 2.08. The van der Waals surface area contributed by atoms with E-state index >= 15 is 0 Å². The van der Waals surface area contributed by atoms with Gasteiger partial charge in [0.2, 0.25) is 0 Å². The van der Waals surface area contributed by atoms with E-state index in [1.165, 1.54) is 0 Å². The highest BCUT2D eigenvalue weighted by Gasteiger charge is 2.06. The van der Waals surface area contributed by atoms with Crippen molar-refractivity contribution >= 4 is 29.1 Å². The summed E-state index contributed by atoms with van der Waals surface area (Å²) in [5, 5.41) is 12.0. The summed E-state index contributed by atoms with van der Waals surface area (Å²) in [6.45, 7) is 0. The molecule has 10 heteroatoms. The lowest BCUT2D eigenvalue weighted by Gasteiger charge is -2.00. The molecule has 150 valence electrons. The van der Waals surface area contributed by atoms with Crippen LogP contribution in [0.2, 0.25) is 5.15 Å². The van der Waals surface area contributed by atoms with Crippen molar-refractivity contribution in [1.29, 1.82) is 0 Å². The number of hydrogen-bond acceptors (Lipinski definition) is 7. The average molecular weight is 412 g/mol. The summed E-state index contributed by atoms with van der Waals surface area (Å²) < 4.78 is 3.26. The normalized spacial score (nSPS) is 10.3. The first-order valence-electron chi connectivity index (χ1n) is 8.72. The van der Waals surface area contributed by atoms with Crippen LogP contribution in [0.1, 0.15) is 0 Å². The van der Waals surface area contributed by atoms with Crippen LogP contribution in [0.4, 0.5) is 17.5 Å². The van der Waals surface area contributed by atoms with Gasteiger partial charge in [0, 0.05) is 56.8 Å². The van der Waals surface area contributed by atoms with Crippen molar-refractivity contribution in [1.82, 2.24) is 29.5 Å². The third-order valence-electron chi connectivity index (χ3n) is 4.17. The van der Waals surface area contributed by atoms with E-state index in [0.29, 0.717) is 16.8 Å². The number of nitrogens with two attached hydrogens (primary N) is 2. The lowest BCUT2D eigenvalue weighted by atomic mass is 10.2. The molecule has 0 saturated carbocycles. The van der Waals surface area contributed by atoms with Crippen LogP contribution in [-0.2, 0) is 14.1 Å². The summed E-state index contributed by atoms with van der Waals surface area (Å²) in [4.78, 5) is 8.03. The SMILES string of the molecule is CNc1cc(-c2cc(N)n(C)n2)ccn1.Cn1nc(-c2ccnc(Cl)c2)cc1N. The molecule has 0 amide bonds. The molecule has 0 fully saturated rings. The van der Waals surface area contributed by atoms with Crippen molar-refractivity contribution in [3.63, 3.8) is 0 Å². The van der Waals surface area contributed by atoms with Crippen molar-refractivity contribution < 1.29 is 0 Å². The van der Waals surface area contributed by atoms with Crippen molar-refractivity contribution in [3.05, 3.63) is 53.9 Å². The summed E-state index contributed by atoms with van der Waals surface area (Å²) in [6, 6.07) is 11.1. The van der Waals surface area contributed by atoms with E-state index in [1.807, 2.05) is 38.4 Å². The molecule has 4 aromatic rings. The number of nitrogens with zero attached hydrogens (tertiary/aromatic N) is 6. The Labute approximate surface area is 173 Å². The van der Waals surface area contributed by atoms with Crippen LogP contribution < -0.4 is 16.8 Å². The molecule has 0 aromatic carbocycles. The second-order valence-electron chi connectivity index (χ2n) is 6.20. The second-order valence-corrected chi connectivity index (χ2v) is 6.59. The Hall–Kier alpha value is -3.59. The third kappa shape index (κ3) is 4.82. The molecule has 0 aliphatic heterocycles. The van der Waals surface area contributed by atoms with Crippen LogP contribution in [0.25, 0.3) is 22.5 Å². The van der Waals surface area contributed by atoms with Crippen molar-refractivity contribution in [3.8, 4) is 22.5 Å². The van der Waals surface area contributed by atoms with Gasteiger partial charge in [-0.05, 0) is 24.3 Å². The van der Waals surface area contributed by atoms with Crippen molar-refractivity contribution in [2.24, 2.45) is 14.1 Å². The van der Waals surface area contributed by atoms with Gasteiger partial charge in [-0.2, -0.15) is 10.2 Å². The molecule has 4 rings (SSSR count). The fraction of sp³-hybridized carbons (Fsp3) is 0.158. The van der Waals surface area contributed by atoms with Crippen LogP contribution in [0.5, 0.6) is 0 Å². The molecule has 0 aliphatic carbocycles. The number of aryl methyl sites for hydroxylation is 2. The van der Waals surface area contributed by atoms with E-state index in [2.05, 4.69) is 25.5 Å². The molecule has 0 radical (unpaired) electrons. The number of anilines is 3. The predicted molar refractivity (Wildman–Crippen MR) is 116 cm³/mol. The van der Waals surface area contributed by atoms with Crippen LogP contribution in [0.15, 0.2) is 48.8 Å². The smallest absolute Gasteiger partial charge is 0.129 e. The van der Waals surface area contributed by atoms with Crippen molar-refractivity contribution in [2.45, 2.75) is 0 Å². The van der Waals surface area contributed by atoms with Gasteiger partial charge in [0.15, 0.2) is 0 Å². The Kier molecular flexibility index (Phi) is 5.99. The van der Waals surface area contributed by atoms with Gasteiger partial charge < -0.3 is 16.8 Å². The van der Waals surface area contributed by atoms with Gasteiger partial charge in [-0.25, -0.2) is 9.97 Å². The van der Waals surface area contributed by atoms with Gasteiger partial charge in [-0.1, -0.05) is 11.6 Å². The Morgan fingerprint density at radius 2 is 1.34 bits per heavy atom. The molecule has 29 heavy (non-hydrogen) atoms. The molecule has 0 bridgehead atoms. The zero-order valence-electron chi connectivity index (χ0n) is 16.3. The molecule has 4 heterocycles. The van der Waals surface area contributed by atoms with Gasteiger partial charge in [-0.15, -0.1) is 0 Å². The quantitative estimate of drug-likeness (QED) is 0.442. The van der Waals surface area contributed by atoms with Gasteiger partial charge in [0.1, 0.15) is 22.6 Å². The maximum Gasteiger partial charge on any atom is 0.129 e. The lowest BCUT2D eigenvalue weighted by Crippen LogP contribution is -1.96. The van der Waals surface area contributed by atoms with E-state index < -0.39 is 0 Å². The highest BCUT2D eigenvalue weighted by atomic mass is 35.5. The van der Waals surface area contributed by atoms with Crippen LogP contribution in [-0.4, -0.2) is 36.6 Å². The van der Waals surface area contributed by atoms with Gasteiger partial charge >= 0.3 is 0 Å². The highest BCUT2D eigenvalue weighted by Crippen LogP contribution is 2.22. The molecule has 0 unspecified atom stereocenters. The molecular weight excluding hydrogens is 390 g/mol. The average Bonchev–Trinajstić information content (AvgIpc) is 3.24. The number of aromatic nitrogens is 6. The second kappa shape index (κ2) is 8.61. The van der Waals surface area contributed by atoms with Crippen LogP contribution >= 0.6 is 11.6 Å². The minimum Gasteiger partial charge on any atom is -0.384 e. The van der Waals surface area contributed by atoms with Crippen molar-refractivity contribution in [2.75, 3.05) is 23.8 Å². The number of pyridine rings is 2.